The molecule has 0 saturated heterocycles. The third-order valence-corrected chi connectivity index (χ3v) is 3.50. The van der Waals surface area contributed by atoms with E-state index in [1.165, 1.54) is 30.1 Å². The predicted molar refractivity (Wildman–Crippen MR) is 99.4 cm³/mol. The maximum Gasteiger partial charge on any atom is 0.150 e. The highest BCUT2D eigenvalue weighted by atomic mass is 32.2. The fourth-order valence-electron chi connectivity index (χ4n) is 1.72. The van der Waals surface area contributed by atoms with Gasteiger partial charge in [-0.25, -0.2) is 4.39 Å². The largest absolute Gasteiger partial charge is 0.496 e. The summed E-state index contributed by atoms with van der Waals surface area (Å²) in [5, 5.41) is 7.00. The molecule has 0 aliphatic rings. The Hall–Kier alpha value is -2.05. The van der Waals surface area contributed by atoms with Gasteiger partial charge < -0.3 is 14.6 Å². The van der Waals surface area contributed by atoms with Crippen molar-refractivity contribution in [2.75, 3.05) is 18.9 Å². The number of carbonyl (C=O) groups excluding carboxylic acids is 1. The fraction of sp³-hybridized carbons (Fsp3) is 0.278. The van der Waals surface area contributed by atoms with E-state index in [-0.39, 0.29) is 5.69 Å². The number of methoxy groups -OCH3 is 1. The van der Waals surface area contributed by atoms with Crippen LogP contribution in [-0.2, 0) is 4.74 Å². The Bertz CT molecular complexity index is 635. The number of ether oxygens (including phenoxy) is 1. The lowest BCUT2D eigenvalue weighted by molar-refractivity contribution is 0.112. The molecule has 0 aromatic heterocycles. The first-order valence-corrected chi connectivity index (χ1v) is 7.92. The number of benzene rings is 1. The summed E-state index contributed by atoms with van der Waals surface area (Å²) in [5.41, 5.74) is 2.49. The molecule has 0 atom stereocenters. The first-order chi connectivity index (χ1) is 11.4. The fourth-order valence-corrected chi connectivity index (χ4v) is 2.74. The molecule has 0 unspecified atom stereocenters. The van der Waals surface area contributed by atoms with Gasteiger partial charge in [0.25, 0.3) is 0 Å². The molecule has 0 bridgehead atoms. The van der Waals surface area contributed by atoms with Crippen LogP contribution in [0.1, 0.15) is 31.1 Å². The van der Waals surface area contributed by atoms with Crippen molar-refractivity contribution in [1.82, 2.24) is 0 Å². The molecule has 2 N–H and O–H groups in total. The molecule has 24 heavy (non-hydrogen) atoms. The lowest BCUT2D eigenvalue weighted by atomic mass is 10.2. The molecule has 0 aliphatic carbocycles. The molecular weight excluding hydrogens is 329 g/mol. The number of aldehydes is 1. The number of hydrogen-bond donors (Lipinski definition) is 2. The Kier molecular flexibility index (Phi) is 10.5. The summed E-state index contributed by atoms with van der Waals surface area (Å²) in [6, 6.07) is 4.15. The molecule has 0 fully saturated rings. The monoisotopic (exact) mass is 353 g/mol. The standard InChI is InChI=1S/C17H20FNO2S.CH4O/c1-11(2)8-16(17(21-5)12(3)4)22-19-15-9-13(10-20)6-7-14(15)18;1-2/h6-10,19H,1H2,2-5H3;2H,1H3/b16-8+;. The van der Waals surface area contributed by atoms with Crippen LogP contribution in [0.3, 0.4) is 0 Å². The summed E-state index contributed by atoms with van der Waals surface area (Å²) in [6.07, 6.45) is 2.53. The van der Waals surface area contributed by atoms with Crippen molar-refractivity contribution in [2.24, 2.45) is 0 Å². The third-order valence-electron chi connectivity index (χ3n) is 2.66. The maximum atomic E-state index is 13.8. The Morgan fingerprint density at radius 3 is 2.42 bits per heavy atom. The van der Waals surface area contributed by atoms with Crippen LogP contribution < -0.4 is 4.72 Å². The molecule has 1 rings (SSSR count). The smallest absolute Gasteiger partial charge is 0.150 e. The highest BCUT2D eigenvalue weighted by molar-refractivity contribution is 8.04. The number of halogens is 1. The molecule has 0 aliphatic heterocycles. The van der Waals surface area contributed by atoms with E-state index in [1.807, 2.05) is 26.8 Å². The average Bonchev–Trinajstić information content (AvgIpc) is 2.55. The van der Waals surface area contributed by atoms with E-state index in [9.17, 15) is 9.18 Å². The number of aliphatic hydroxyl groups is 1. The molecule has 4 nitrogen and oxygen atoms in total. The first kappa shape index (κ1) is 21.9. The van der Waals surface area contributed by atoms with Gasteiger partial charge in [0.15, 0.2) is 0 Å². The van der Waals surface area contributed by atoms with Crippen molar-refractivity contribution in [1.29, 1.82) is 0 Å². The molecule has 132 valence electrons. The van der Waals surface area contributed by atoms with Crippen LogP contribution in [0, 0.1) is 5.82 Å². The lowest BCUT2D eigenvalue weighted by Gasteiger charge is -2.14. The number of allylic oxidation sites excluding steroid dienone is 3. The molecule has 0 amide bonds. The quantitative estimate of drug-likeness (QED) is 0.322. The van der Waals surface area contributed by atoms with Crippen molar-refractivity contribution in [3.8, 4) is 0 Å². The Morgan fingerprint density at radius 2 is 1.96 bits per heavy atom. The van der Waals surface area contributed by atoms with Crippen LogP contribution in [0.5, 0.6) is 0 Å². The number of anilines is 1. The van der Waals surface area contributed by atoms with Crippen molar-refractivity contribution < 1.29 is 19.0 Å². The van der Waals surface area contributed by atoms with Crippen LogP contribution in [0.4, 0.5) is 10.1 Å². The summed E-state index contributed by atoms with van der Waals surface area (Å²) in [6.45, 7) is 9.58. The van der Waals surface area contributed by atoms with E-state index in [2.05, 4.69) is 11.3 Å². The van der Waals surface area contributed by atoms with E-state index in [4.69, 9.17) is 9.84 Å². The van der Waals surface area contributed by atoms with Gasteiger partial charge in [0, 0.05) is 12.7 Å². The van der Waals surface area contributed by atoms with Gasteiger partial charge in [0.2, 0.25) is 0 Å². The van der Waals surface area contributed by atoms with E-state index in [0.717, 1.165) is 23.2 Å². The van der Waals surface area contributed by atoms with Gasteiger partial charge >= 0.3 is 0 Å². The number of nitrogens with one attached hydrogen (secondary N) is 1. The zero-order valence-corrected chi connectivity index (χ0v) is 15.5. The Balaban J connectivity index is 0.00000254. The van der Waals surface area contributed by atoms with Gasteiger partial charge in [0.05, 0.1) is 17.7 Å². The average molecular weight is 353 g/mol. The highest BCUT2D eigenvalue weighted by Gasteiger charge is 2.11. The van der Waals surface area contributed by atoms with Gasteiger partial charge in [-0.05, 0) is 62.6 Å². The van der Waals surface area contributed by atoms with E-state index in [1.54, 1.807) is 7.11 Å². The van der Waals surface area contributed by atoms with Crippen LogP contribution in [0.2, 0.25) is 0 Å². The SMILES string of the molecule is C=C(C)/C=C(/SNc1cc(C=O)ccc1F)C(OC)=C(C)C.CO. The molecule has 1 aromatic rings. The van der Waals surface area contributed by atoms with E-state index in [0.29, 0.717) is 17.6 Å². The zero-order valence-electron chi connectivity index (χ0n) is 14.6. The summed E-state index contributed by atoms with van der Waals surface area (Å²) < 4.78 is 22.1. The highest BCUT2D eigenvalue weighted by Crippen LogP contribution is 2.30. The minimum atomic E-state index is -0.427. The molecule has 0 spiro atoms. The molecule has 0 saturated carbocycles. The van der Waals surface area contributed by atoms with Gasteiger partial charge in [-0.2, -0.15) is 0 Å². The molecular formula is C18H24FNO3S. The minimum absolute atomic E-state index is 0.242. The second-order valence-electron chi connectivity index (χ2n) is 4.95. The predicted octanol–water partition coefficient (Wildman–Crippen LogP) is 4.71. The molecule has 0 radical (unpaired) electrons. The van der Waals surface area contributed by atoms with E-state index >= 15 is 0 Å². The second-order valence-corrected chi connectivity index (χ2v) is 5.80. The van der Waals surface area contributed by atoms with Crippen molar-refractivity contribution in [3.63, 3.8) is 0 Å². The van der Waals surface area contributed by atoms with Crippen LogP contribution in [0.25, 0.3) is 0 Å². The summed E-state index contributed by atoms with van der Waals surface area (Å²) in [5.74, 6) is 0.274. The maximum absolute atomic E-state index is 13.8. The van der Waals surface area contributed by atoms with Gasteiger partial charge in [-0.15, -0.1) is 0 Å². The minimum Gasteiger partial charge on any atom is -0.496 e. The topological polar surface area (TPSA) is 58.6 Å². The zero-order chi connectivity index (χ0) is 18.7. The third kappa shape index (κ3) is 7.02. The summed E-state index contributed by atoms with van der Waals surface area (Å²) in [7, 11) is 2.59. The number of carbonyl (C=O) groups is 1. The van der Waals surface area contributed by atoms with Gasteiger partial charge in [0.1, 0.15) is 17.9 Å². The van der Waals surface area contributed by atoms with Crippen LogP contribution in [-0.4, -0.2) is 25.6 Å². The Labute approximate surface area is 147 Å². The summed E-state index contributed by atoms with van der Waals surface area (Å²) in [4.78, 5) is 11.6. The van der Waals surface area contributed by atoms with Crippen LogP contribution in [0.15, 0.2) is 52.7 Å². The first-order valence-electron chi connectivity index (χ1n) is 7.10. The Morgan fingerprint density at radius 1 is 1.33 bits per heavy atom. The molecule has 6 heteroatoms. The molecule has 0 heterocycles. The van der Waals surface area contributed by atoms with E-state index < -0.39 is 5.82 Å². The number of rotatable bonds is 7. The normalized spacial score (nSPS) is 10.2. The van der Waals surface area contributed by atoms with Crippen molar-refractivity contribution in [2.45, 2.75) is 20.8 Å². The lowest BCUT2D eigenvalue weighted by Crippen LogP contribution is -1.98. The second kappa shape index (κ2) is 11.5. The van der Waals surface area contributed by atoms with Crippen molar-refractivity contribution in [3.05, 3.63) is 64.0 Å². The van der Waals surface area contributed by atoms with Gasteiger partial charge in [-0.3, -0.25) is 4.79 Å². The number of hydrogen-bond acceptors (Lipinski definition) is 5. The van der Waals surface area contributed by atoms with Crippen molar-refractivity contribution >= 4 is 23.9 Å². The van der Waals surface area contributed by atoms with Crippen LogP contribution >= 0.6 is 11.9 Å². The van der Waals surface area contributed by atoms with Gasteiger partial charge in [-0.1, -0.05) is 12.2 Å². The molecule has 1 aromatic carbocycles. The number of aliphatic hydroxyl groups excluding tert-OH is 1. The summed E-state index contributed by atoms with van der Waals surface area (Å²) >= 11 is 1.21.